The van der Waals surface area contributed by atoms with Crippen molar-refractivity contribution in [2.75, 3.05) is 25.6 Å². The molecule has 0 bridgehead atoms. The summed E-state index contributed by atoms with van der Waals surface area (Å²) in [5.74, 6) is -0.118. The lowest BCUT2D eigenvalue weighted by Crippen LogP contribution is -2.16. The van der Waals surface area contributed by atoms with Crippen molar-refractivity contribution in [1.82, 2.24) is 0 Å². The SMILES string of the molecule is COCC(C)CNc1c(Cl)cc(F)cc1Cl. The molecule has 1 N–H and O–H groups in total. The molecule has 0 spiro atoms. The number of hydrogen-bond donors (Lipinski definition) is 1. The molecule has 0 aromatic heterocycles. The van der Waals surface area contributed by atoms with Crippen LogP contribution in [0.4, 0.5) is 10.1 Å². The summed E-state index contributed by atoms with van der Waals surface area (Å²) in [5.41, 5.74) is 0.563. The van der Waals surface area contributed by atoms with Gasteiger partial charge in [-0.3, -0.25) is 0 Å². The standard InChI is InChI=1S/C11H14Cl2FNO/c1-7(6-16-2)5-15-11-9(12)3-8(14)4-10(11)13/h3-4,7,15H,5-6H2,1-2H3. The Morgan fingerprint density at radius 1 is 1.38 bits per heavy atom. The summed E-state index contributed by atoms with van der Waals surface area (Å²) in [5, 5.41) is 3.66. The Hall–Kier alpha value is -0.510. The smallest absolute Gasteiger partial charge is 0.126 e. The highest BCUT2D eigenvalue weighted by Crippen LogP contribution is 2.31. The van der Waals surface area contributed by atoms with Crippen molar-refractivity contribution in [1.29, 1.82) is 0 Å². The van der Waals surface area contributed by atoms with Gasteiger partial charge in [0.25, 0.3) is 0 Å². The first-order valence-corrected chi connectivity index (χ1v) is 5.67. The highest BCUT2D eigenvalue weighted by atomic mass is 35.5. The van der Waals surface area contributed by atoms with E-state index in [0.717, 1.165) is 0 Å². The average molecular weight is 266 g/mol. The molecule has 0 amide bonds. The minimum atomic E-state index is -0.439. The Morgan fingerprint density at radius 3 is 2.44 bits per heavy atom. The lowest BCUT2D eigenvalue weighted by atomic mass is 10.2. The van der Waals surface area contributed by atoms with Gasteiger partial charge in [-0.2, -0.15) is 0 Å². The maximum Gasteiger partial charge on any atom is 0.126 e. The second-order valence-electron chi connectivity index (χ2n) is 3.69. The quantitative estimate of drug-likeness (QED) is 0.874. The van der Waals surface area contributed by atoms with Crippen LogP contribution in [0.5, 0.6) is 0 Å². The molecule has 0 fully saturated rings. The van der Waals surface area contributed by atoms with Crippen LogP contribution in [-0.2, 0) is 4.74 Å². The van der Waals surface area contributed by atoms with Gasteiger partial charge in [-0.1, -0.05) is 30.1 Å². The number of hydrogen-bond acceptors (Lipinski definition) is 2. The maximum absolute atomic E-state index is 12.9. The molecule has 0 aliphatic rings. The monoisotopic (exact) mass is 265 g/mol. The van der Waals surface area contributed by atoms with Crippen LogP contribution in [0.1, 0.15) is 6.92 Å². The molecule has 0 radical (unpaired) electrons. The van der Waals surface area contributed by atoms with E-state index in [1.807, 2.05) is 6.92 Å². The number of methoxy groups -OCH3 is 1. The lowest BCUT2D eigenvalue weighted by molar-refractivity contribution is 0.164. The molecular formula is C11H14Cl2FNO. The Bertz CT molecular complexity index is 337. The van der Waals surface area contributed by atoms with Gasteiger partial charge in [0.2, 0.25) is 0 Å². The van der Waals surface area contributed by atoms with E-state index in [1.54, 1.807) is 7.11 Å². The summed E-state index contributed by atoms with van der Waals surface area (Å²) < 4.78 is 17.9. The fourth-order valence-electron chi connectivity index (χ4n) is 1.33. The van der Waals surface area contributed by atoms with Gasteiger partial charge in [-0.15, -0.1) is 0 Å². The molecule has 1 rings (SSSR count). The van der Waals surface area contributed by atoms with Crippen LogP contribution in [0.25, 0.3) is 0 Å². The molecule has 0 aliphatic carbocycles. The molecule has 0 heterocycles. The molecule has 1 atom stereocenters. The van der Waals surface area contributed by atoms with Gasteiger partial charge < -0.3 is 10.1 Å². The summed E-state index contributed by atoms with van der Waals surface area (Å²) in [6, 6.07) is 2.47. The average Bonchev–Trinajstić information content (AvgIpc) is 2.16. The highest BCUT2D eigenvalue weighted by molar-refractivity contribution is 6.39. The van der Waals surface area contributed by atoms with Gasteiger partial charge in [0, 0.05) is 13.7 Å². The van der Waals surface area contributed by atoms with Crippen molar-refractivity contribution in [3.05, 3.63) is 28.0 Å². The summed E-state index contributed by atoms with van der Waals surface area (Å²) in [6.07, 6.45) is 0. The number of halogens is 3. The van der Waals surface area contributed by atoms with Crippen LogP contribution in [0.3, 0.4) is 0 Å². The molecule has 0 aliphatic heterocycles. The van der Waals surface area contributed by atoms with Crippen LogP contribution in [-0.4, -0.2) is 20.3 Å². The first kappa shape index (κ1) is 13.6. The van der Waals surface area contributed by atoms with E-state index in [1.165, 1.54) is 12.1 Å². The normalized spacial score (nSPS) is 12.6. The van der Waals surface area contributed by atoms with Gasteiger partial charge in [0.05, 0.1) is 22.3 Å². The zero-order valence-corrected chi connectivity index (χ0v) is 10.7. The molecule has 2 nitrogen and oxygen atoms in total. The summed E-state index contributed by atoms with van der Waals surface area (Å²) in [7, 11) is 1.65. The van der Waals surface area contributed by atoms with Gasteiger partial charge in [0.1, 0.15) is 5.82 Å². The lowest BCUT2D eigenvalue weighted by Gasteiger charge is -2.14. The van der Waals surface area contributed by atoms with Crippen LogP contribution < -0.4 is 5.32 Å². The summed E-state index contributed by atoms with van der Waals surface area (Å²) >= 11 is 11.8. The second kappa shape index (κ2) is 6.28. The predicted molar refractivity (Wildman–Crippen MR) is 65.9 cm³/mol. The first-order chi connectivity index (χ1) is 7.54. The third kappa shape index (κ3) is 3.81. The molecule has 1 unspecified atom stereocenters. The zero-order valence-electron chi connectivity index (χ0n) is 9.19. The number of ether oxygens (including phenoxy) is 1. The first-order valence-electron chi connectivity index (χ1n) is 4.92. The minimum Gasteiger partial charge on any atom is -0.384 e. The highest BCUT2D eigenvalue weighted by Gasteiger charge is 2.09. The number of rotatable bonds is 5. The molecular weight excluding hydrogens is 252 g/mol. The van der Waals surface area contributed by atoms with E-state index in [9.17, 15) is 4.39 Å². The Labute approximate surface area is 105 Å². The van der Waals surface area contributed by atoms with Crippen LogP contribution >= 0.6 is 23.2 Å². The number of nitrogens with one attached hydrogen (secondary N) is 1. The van der Waals surface area contributed by atoms with Crippen molar-refractivity contribution in [3.63, 3.8) is 0 Å². The molecule has 1 aromatic rings. The van der Waals surface area contributed by atoms with Crippen molar-refractivity contribution >= 4 is 28.9 Å². The third-order valence-electron chi connectivity index (χ3n) is 2.09. The maximum atomic E-state index is 12.9. The van der Waals surface area contributed by atoms with Crippen LogP contribution in [0.15, 0.2) is 12.1 Å². The molecule has 0 saturated carbocycles. The fourth-order valence-corrected chi connectivity index (χ4v) is 1.92. The second-order valence-corrected chi connectivity index (χ2v) is 4.50. The molecule has 0 saturated heterocycles. The predicted octanol–water partition coefficient (Wildman–Crippen LogP) is 3.83. The van der Waals surface area contributed by atoms with E-state index in [4.69, 9.17) is 27.9 Å². The summed E-state index contributed by atoms with van der Waals surface area (Å²) in [4.78, 5) is 0. The van der Waals surface area contributed by atoms with E-state index in [2.05, 4.69) is 5.32 Å². The molecule has 16 heavy (non-hydrogen) atoms. The number of benzene rings is 1. The van der Waals surface area contributed by atoms with Crippen LogP contribution in [0, 0.1) is 11.7 Å². The zero-order chi connectivity index (χ0) is 12.1. The minimum absolute atomic E-state index is 0.287. The van der Waals surface area contributed by atoms with Crippen molar-refractivity contribution < 1.29 is 9.13 Å². The third-order valence-corrected chi connectivity index (χ3v) is 2.68. The fraction of sp³-hybridized carbons (Fsp3) is 0.455. The van der Waals surface area contributed by atoms with Crippen molar-refractivity contribution in [3.8, 4) is 0 Å². The van der Waals surface area contributed by atoms with Gasteiger partial charge in [-0.05, 0) is 18.1 Å². The van der Waals surface area contributed by atoms with E-state index in [0.29, 0.717) is 24.8 Å². The topological polar surface area (TPSA) is 21.3 Å². The van der Waals surface area contributed by atoms with E-state index < -0.39 is 5.82 Å². The Kier molecular flexibility index (Phi) is 5.32. The summed E-state index contributed by atoms with van der Waals surface area (Å²) in [6.45, 7) is 3.34. The van der Waals surface area contributed by atoms with Gasteiger partial charge in [0.15, 0.2) is 0 Å². The van der Waals surface area contributed by atoms with Gasteiger partial charge >= 0.3 is 0 Å². The Balaban J connectivity index is 2.67. The van der Waals surface area contributed by atoms with Crippen molar-refractivity contribution in [2.24, 2.45) is 5.92 Å². The van der Waals surface area contributed by atoms with Gasteiger partial charge in [-0.25, -0.2) is 4.39 Å². The molecule has 1 aromatic carbocycles. The van der Waals surface area contributed by atoms with Crippen molar-refractivity contribution in [2.45, 2.75) is 6.92 Å². The van der Waals surface area contributed by atoms with Crippen LogP contribution in [0.2, 0.25) is 10.0 Å². The number of anilines is 1. The molecule has 5 heteroatoms. The Morgan fingerprint density at radius 2 is 1.94 bits per heavy atom. The van der Waals surface area contributed by atoms with E-state index in [-0.39, 0.29) is 10.0 Å². The molecule has 90 valence electrons. The van der Waals surface area contributed by atoms with E-state index >= 15 is 0 Å². The largest absolute Gasteiger partial charge is 0.384 e.